The fourth-order valence-electron chi connectivity index (χ4n) is 9.20. The molecule has 0 saturated carbocycles. The van der Waals surface area contributed by atoms with E-state index in [1.165, 1.54) is 0 Å². The fourth-order valence-corrected chi connectivity index (χ4v) is 9.20. The molecule has 1 aliphatic carbocycles. The van der Waals surface area contributed by atoms with Crippen molar-refractivity contribution in [1.82, 2.24) is 0 Å². The predicted molar refractivity (Wildman–Crippen MR) is 303 cm³/mol. The largest absolute Gasteiger partial charge is 0.510 e. The molecule has 0 spiro atoms. The number of nitrogens with one attached hydrogen (secondary N) is 4. The topological polar surface area (TPSA) is 301 Å². The number of ketones is 1. The van der Waals surface area contributed by atoms with Crippen LogP contribution in [0.4, 0.5) is 22.7 Å². The molecule has 0 saturated heterocycles. The van der Waals surface area contributed by atoms with Gasteiger partial charge in [-0.3, -0.25) is 4.79 Å². The molecule has 1 atom stereocenters. The third-order valence-electron chi connectivity index (χ3n) is 13.2. The van der Waals surface area contributed by atoms with E-state index in [2.05, 4.69) is 21.3 Å². The summed E-state index contributed by atoms with van der Waals surface area (Å²) in [6.45, 7) is 0.968. The van der Waals surface area contributed by atoms with Crippen LogP contribution in [0, 0.1) is 0 Å². The zero-order valence-corrected chi connectivity index (χ0v) is 47.8. The molecule has 460 valence electrons. The molecule has 0 fully saturated rings. The van der Waals surface area contributed by atoms with Crippen molar-refractivity contribution in [3.63, 3.8) is 0 Å². The van der Waals surface area contributed by atoms with Crippen LogP contribution in [0.3, 0.4) is 0 Å². The number of esters is 4. The molecule has 2 heterocycles. The lowest BCUT2D eigenvalue weighted by Crippen LogP contribution is -2.57. The SMILES string of the molecule is COCCOCCOCC(=O)OCC1(COC(=O)COCCOCCOC)Nc2cccc3ccc(C4=C(O)C(c5ccc6cccc7c6c5NC(COC(=O)COCCOCCOC)(COC(=O)COCCOCCOC)N7)C4=O)c(c23)N1. The number of ether oxygens (including phenoxy) is 16. The number of Topliss-reactive ketones (excluding diaryl/α,β-unsaturated/α-hetero) is 1. The van der Waals surface area contributed by atoms with E-state index in [9.17, 15) is 24.3 Å². The number of carbonyl (C=O) groups excluding carboxylic acids is 5. The Morgan fingerprint density at radius 2 is 0.774 bits per heavy atom. The molecule has 26 nitrogen and oxygen atoms in total. The Hall–Kier alpha value is -6.79. The summed E-state index contributed by atoms with van der Waals surface area (Å²) in [5.41, 5.74) is -0.617. The zero-order chi connectivity index (χ0) is 59.6. The molecule has 1 unspecified atom stereocenters. The van der Waals surface area contributed by atoms with Crippen molar-refractivity contribution in [3.05, 3.63) is 77.5 Å². The third kappa shape index (κ3) is 18.1. The molecule has 26 heteroatoms. The first-order valence-electron chi connectivity index (χ1n) is 27.4. The Balaban J connectivity index is 1.15. The van der Waals surface area contributed by atoms with Gasteiger partial charge in [-0.1, -0.05) is 48.5 Å². The number of aliphatic hydroxyl groups excluding tert-OH is 1. The summed E-state index contributed by atoms with van der Waals surface area (Å²) in [4.78, 5) is 67.9. The van der Waals surface area contributed by atoms with E-state index in [4.69, 9.17) is 75.8 Å². The van der Waals surface area contributed by atoms with Gasteiger partial charge in [0.15, 0.2) is 17.1 Å². The van der Waals surface area contributed by atoms with Crippen molar-refractivity contribution in [1.29, 1.82) is 0 Å². The number of methoxy groups -OCH3 is 4. The second kappa shape index (κ2) is 33.6. The first-order chi connectivity index (χ1) is 41.0. The number of rotatable bonds is 42. The van der Waals surface area contributed by atoms with Gasteiger partial charge in [0.2, 0.25) is 0 Å². The standard InChI is InChI=1S/C58H76N4O22/c1-69-15-19-73-23-27-77-31-45(63)81-35-57(36-82-46(64)32-78-28-24-74-20-16-70-2)59-43-9-5-7-39-11-13-41(53(61-57)49(39)43)51-55(67)52(56(51)68)42-14-12-40-8-6-10-44-50(40)54(42)62-58(60-44,37-83-47(65)33-79-29-25-75-21-17-71-3)38-84-48(66)34-80-30-26-76-22-18-72-4/h5-14,51,59-62,67H,15-38H2,1-4H3. The number of benzene rings is 4. The van der Waals surface area contributed by atoms with E-state index in [-0.39, 0.29) is 64.2 Å². The summed E-state index contributed by atoms with van der Waals surface area (Å²) in [5.74, 6) is -4.86. The Kier molecular flexibility index (Phi) is 25.9. The summed E-state index contributed by atoms with van der Waals surface area (Å²) in [6, 6.07) is 18.0. The summed E-state index contributed by atoms with van der Waals surface area (Å²) in [5, 5.41) is 28.8. The van der Waals surface area contributed by atoms with Crippen LogP contribution < -0.4 is 21.3 Å². The molecule has 4 aromatic carbocycles. The number of hydrogen-bond acceptors (Lipinski definition) is 26. The van der Waals surface area contributed by atoms with Crippen LogP contribution in [-0.4, -0.2) is 233 Å². The van der Waals surface area contributed by atoms with Crippen molar-refractivity contribution in [3.8, 4) is 0 Å². The predicted octanol–water partition coefficient (Wildman–Crippen LogP) is 3.59. The monoisotopic (exact) mass is 1180 g/mol. The highest BCUT2D eigenvalue weighted by Gasteiger charge is 2.48. The van der Waals surface area contributed by atoms with Crippen LogP contribution in [0.25, 0.3) is 27.1 Å². The summed E-state index contributed by atoms with van der Waals surface area (Å²) in [6.07, 6.45) is 0. The number of aliphatic hydroxyl groups is 1. The van der Waals surface area contributed by atoms with Gasteiger partial charge in [0.1, 0.15) is 64.5 Å². The van der Waals surface area contributed by atoms with E-state index < -0.39 is 99.8 Å². The first kappa shape index (κ1) is 64.8. The van der Waals surface area contributed by atoms with Crippen LogP contribution in [0.2, 0.25) is 0 Å². The number of carbonyl (C=O) groups is 5. The lowest BCUT2D eigenvalue weighted by Gasteiger charge is -2.43. The van der Waals surface area contributed by atoms with Gasteiger partial charge in [-0.05, 0) is 28.5 Å². The van der Waals surface area contributed by atoms with Crippen molar-refractivity contribution in [2.45, 2.75) is 17.2 Å². The molecule has 5 N–H and O–H groups in total. The maximum atomic E-state index is 15.1. The molecular formula is C58H76N4O22. The second-order valence-electron chi connectivity index (χ2n) is 19.3. The average molecular weight is 1180 g/mol. The minimum absolute atomic E-state index is 0.0111. The van der Waals surface area contributed by atoms with E-state index in [1.807, 2.05) is 36.4 Å². The van der Waals surface area contributed by atoms with E-state index in [0.717, 1.165) is 10.8 Å². The maximum absolute atomic E-state index is 15.1. The highest BCUT2D eigenvalue weighted by molar-refractivity contribution is 6.34. The van der Waals surface area contributed by atoms with Gasteiger partial charge in [0.05, 0.1) is 123 Å². The Labute approximate surface area is 486 Å². The fraction of sp³-hybridized carbons (Fsp3) is 0.534. The highest BCUT2D eigenvalue weighted by Crippen LogP contribution is 2.52. The van der Waals surface area contributed by atoms with Gasteiger partial charge in [0, 0.05) is 56.1 Å². The molecule has 0 radical (unpaired) electrons. The Morgan fingerprint density at radius 3 is 1.15 bits per heavy atom. The van der Waals surface area contributed by atoms with Crippen molar-refractivity contribution >= 4 is 79.5 Å². The molecule has 0 amide bonds. The lowest BCUT2D eigenvalue weighted by atomic mass is 9.73. The molecular weight excluding hydrogens is 1100 g/mol. The van der Waals surface area contributed by atoms with Gasteiger partial charge in [-0.2, -0.15) is 0 Å². The number of hydrogen-bond donors (Lipinski definition) is 5. The van der Waals surface area contributed by atoms with Gasteiger partial charge in [0.25, 0.3) is 0 Å². The summed E-state index contributed by atoms with van der Waals surface area (Å²) < 4.78 is 86.8. The van der Waals surface area contributed by atoms with Crippen molar-refractivity contribution < 1.29 is 105 Å². The first-order valence-corrected chi connectivity index (χ1v) is 27.4. The van der Waals surface area contributed by atoms with Crippen LogP contribution in [-0.2, 0) is 99.8 Å². The van der Waals surface area contributed by atoms with E-state index in [0.29, 0.717) is 97.5 Å². The van der Waals surface area contributed by atoms with Crippen LogP contribution in [0.1, 0.15) is 17.0 Å². The molecule has 84 heavy (non-hydrogen) atoms. The van der Waals surface area contributed by atoms with Crippen LogP contribution >= 0.6 is 0 Å². The Bertz CT molecular complexity index is 2780. The van der Waals surface area contributed by atoms with Crippen molar-refractivity contribution in [2.75, 3.05) is 208 Å². The highest BCUT2D eigenvalue weighted by atomic mass is 16.6. The number of allylic oxidation sites excluding steroid dienone is 2. The van der Waals surface area contributed by atoms with Gasteiger partial charge in [-0.25, -0.2) is 19.2 Å². The van der Waals surface area contributed by atoms with Gasteiger partial charge >= 0.3 is 23.9 Å². The molecule has 2 aliphatic heterocycles. The van der Waals surface area contributed by atoms with Gasteiger partial charge < -0.3 is 102 Å². The lowest BCUT2D eigenvalue weighted by molar-refractivity contribution is -0.156. The summed E-state index contributed by atoms with van der Waals surface area (Å²) in [7, 11) is 6.23. The van der Waals surface area contributed by atoms with Crippen molar-refractivity contribution in [2.24, 2.45) is 0 Å². The van der Waals surface area contributed by atoms with Crippen LogP contribution in [0.5, 0.6) is 0 Å². The smallest absolute Gasteiger partial charge is 0.332 e. The summed E-state index contributed by atoms with van der Waals surface area (Å²) >= 11 is 0. The van der Waals surface area contributed by atoms with E-state index >= 15 is 4.79 Å². The third-order valence-corrected chi connectivity index (χ3v) is 13.2. The zero-order valence-electron chi connectivity index (χ0n) is 47.8. The maximum Gasteiger partial charge on any atom is 0.332 e. The van der Waals surface area contributed by atoms with E-state index in [1.54, 1.807) is 52.7 Å². The van der Waals surface area contributed by atoms with Gasteiger partial charge in [-0.15, -0.1) is 0 Å². The average Bonchev–Trinajstić information content (AvgIpc) is 1.08. The van der Waals surface area contributed by atoms with Crippen LogP contribution in [0.15, 0.2) is 66.4 Å². The molecule has 0 aromatic heterocycles. The molecule has 3 aliphatic rings. The quantitative estimate of drug-likeness (QED) is 0.0241. The minimum atomic E-state index is -1.56. The second-order valence-corrected chi connectivity index (χ2v) is 19.3. The normalized spacial score (nSPS) is 15.4. The minimum Gasteiger partial charge on any atom is -0.510 e. The number of anilines is 4. The molecule has 4 aromatic rings. The molecule has 7 rings (SSSR count). The molecule has 0 bridgehead atoms. The Morgan fingerprint density at radius 1 is 0.429 bits per heavy atom.